The molecule has 2 aromatic carbocycles. The van der Waals surface area contributed by atoms with E-state index in [1.165, 1.54) is 0 Å². The molecule has 1 spiro atoms. The van der Waals surface area contributed by atoms with E-state index in [9.17, 15) is 19.2 Å². The van der Waals surface area contributed by atoms with Crippen molar-refractivity contribution in [1.29, 1.82) is 0 Å². The molecule has 3 aliphatic rings. The summed E-state index contributed by atoms with van der Waals surface area (Å²) in [4.78, 5) is 53.4. The molecule has 170 valence electrons. The Morgan fingerprint density at radius 3 is 2.45 bits per heavy atom. The molecular formula is C23H20Cl2N4O4. The fourth-order valence-corrected chi connectivity index (χ4v) is 5.66. The molecule has 2 fully saturated rings. The van der Waals surface area contributed by atoms with E-state index in [4.69, 9.17) is 28.9 Å². The third-order valence-corrected chi connectivity index (χ3v) is 7.53. The van der Waals surface area contributed by atoms with Gasteiger partial charge in [-0.3, -0.25) is 24.5 Å². The maximum Gasteiger partial charge on any atom is 0.250 e. The van der Waals surface area contributed by atoms with Gasteiger partial charge >= 0.3 is 0 Å². The monoisotopic (exact) mass is 486 g/mol. The summed E-state index contributed by atoms with van der Waals surface area (Å²) in [6.07, 6.45) is 0.217. The first-order valence-corrected chi connectivity index (χ1v) is 11.2. The number of nitrogens with zero attached hydrogens (tertiary/aromatic N) is 1. The van der Waals surface area contributed by atoms with Crippen molar-refractivity contribution in [3.8, 4) is 0 Å². The van der Waals surface area contributed by atoms with Crippen LogP contribution in [-0.4, -0.2) is 29.7 Å². The second-order valence-corrected chi connectivity index (χ2v) is 9.45. The minimum absolute atomic E-state index is 0.00744. The van der Waals surface area contributed by atoms with Gasteiger partial charge in [-0.25, -0.2) is 4.90 Å². The van der Waals surface area contributed by atoms with Crippen LogP contribution in [0.15, 0.2) is 36.4 Å². The van der Waals surface area contributed by atoms with E-state index in [2.05, 4.69) is 10.6 Å². The number of hydrogen-bond donors (Lipinski definition) is 3. The van der Waals surface area contributed by atoms with Gasteiger partial charge in [0.1, 0.15) is 5.54 Å². The van der Waals surface area contributed by atoms with Crippen LogP contribution in [0.1, 0.15) is 24.0 Å². The average molecular weight is 487 g/mol. The van der Waals surface area contributed by atoms with Gasteiger partial charge < -0.3 is 11.1 Å². The molecule has 33 heavy (non-hydrogen) atoms. The number of nitrogens with two attached hydrogens (primary N) is 1. The lowest BCUT2D eigenvalue weighted by molar-refractivity contribution is -0.130. The van der Waals surface area contributed by atoms with Crippen molar-refractivity contribution in [1.82, 2.24) is 5.32 Å². The van der Waals surface area contributed by atoms with E-state index in [0.717, 1.165) is 4.90 Å². The SMILES string of the molecule is Cc1c(Cl)ccc2c1NC(=O)C21NC(CCC(N)=O)[C@H]2C(=O)N(c3ccc(Cl)cc3)C(=O)[C@H]21. The molecule has 10 heteroatoms. The van der Waals surface area contributed by atoms with Crippen molar-refractivity contribution in [3.63, 3.8) is 0 Å². The highest BCUT2D eigenvalue weighted by atomic mass is 35.5. The molecular weight excluding hydrogens is 467 g/mol. The highest BCUT2D eigenvalue weighted by Gasteiger charge is 2.70. The van der Waals surface area contributed by atoms with E-state index >= 15 is 0 Å². The fraction of sp³-hybridized carbons (Fsp3) is 0.304. The first-order valence-electron chi connectivity index (χ1n) is 10.5. The predicted molar refractivity (Wildman–Crippen MR) is 123 cm³/mol. The summed E-state index contributed by atoms with van der Waals surface area (Å²) in [5.41, 5.74) is 6.02. The van der Waals surface area contributed by atoms with E-state index < -0.39 is 47.0 Å². The quantitative estimate of drug-likeness (QED) is 0.573. The van der Waals surface area contributed by atoms with Crippen molar-refractivity contribution in [2.24, 2.45) is 17.6 Å². The smallest absolute Gasteiger partial charge is 0.250 e. The first-order chi connectivity index (χ1) is 15.7. The number of primary amides is 1. The summed E-state index contributed by atoms with van der Waals surface area (Å²) < 4.78 is 0. The number of halogens is 2. The Labute approximate surface area is 199 Å². The molecule has 0 bridgehead atoms. The molecule has 8 nitrogen and oxygen atoms in total. The molecule has 0 radical (unpaired) electrons. The molecule has 2 aromatic rings. The second-order valence-electron chi connectivity index (χ2n) is 8.60. The van der Waals surface area contributed by atoms with Gasteiger partial charge in [0.25, 0.3) is 0 Å². The predicted octanol–water partition coefficient (Wildman–Crippen LogP) is 2.49. The molecule has 3 aliphatic heterocycles. The average Bonchev–Trinajstić information content (AvgIpc) is 3.35. The van der Waals surface area contributed by atoms with Crippen LogP contribution in [0.5, 0.6) is 0 Å². The van der Waals surface area contributed by atoms with Gasteiger partial charge in [-0.2, -0.15) is 0 Å². The number of amides is 4. The number of imide groups is 1. The number of rotatable bonds is 4. The van der Waals surface area contributed by atoms with Crippen LogP contribution in [0.25, 0.3) is 0 Å². The Morgan fingerprint density at radius 2 is 1.79 bits per heavy atom. The normalized spacial score (nSPS) is 27.8. The Morgan fingerprint density at radius 1 is 1.09 bits per heavy atom. The number of benzene rings is 2. The zero-order valence-electron chi connectivity index (χ0n) is 17.5. The first kappa shape index (κ1) is 21.9. The summed E-state index contributed by atoms with van der Waals surface area (Å²) in [5, 5.41) is 7.06. The zero-order chi connectivity index (χ0) is 23.7. The third-order valence-electron chi connectivity index (χ3n) is 6.87. The summed E-state index contributed by atoms with van der Waals surface area (Å²) in [6.45, 7) is 1.78. The van der Waals surface area contributed by atoms with Crippen LogP contribution in [-0.2, 0) is 24.7 Å². The van der Waals surface area contributed by atoms with Gasteiger partial charge in [0, 0.05) is 28.1 Å². The topological polar surface area (TPSA) is 122 Å². The van der Waals surface area contributed by atoms with Crippen molar-refractivity contribution in [3.05, 3.63) is 57.6 Å². The van der Waals surface area contributed by atoms with Crippen molar-refractivity contribution < 1.29 is 19.2 Å². The van der Waals surface area contributed by atoms with Gasteiger partial charge in [0.15, 0.2) is 0 Å². The lowest BCUT2D eigenvalue weighted by Gasteiger charge is -2.29. The maximum absolute atomic E-state index is 13.8. The maximum atomic E-state index is 13.8. The van der Waals surface area contributed by atoms with Crippen LogP contribution in [0, 0.1) is 18.8 Å². The van der Waals surface area contributed by atoms with E-state index in [1.54, 1.807) is 43.3 Å². The van der Waals surface area contributed by atoms with E-state index in [1.807, 2.05) is 0 Å². The largest absolute Gasteiger partial charge is 0.370 e. The molecule has 5 rings (SSSR count). The fourth-order valence-electron chi connectivity index (χ4n) is 5.38. The van der Waals surface area contributed by atoms with Gasteiger partial charge in [0.05, 0.1) is 23.2 Å². The second kappa shape index (κ2) is 7.55. The lowest BCUT2D eigenvalue weighted by Crippen LogP contribution is -2.53. The third kappa shape index (κ3) is 3.01. The minimum Gasteiger partial charge on any atom is -0.370 e. The molecule has 2 saturated heterocycles. The van der Waals surface area contributed by atoms with Gasteiger partial charge in [0.2, 0.25) is 23.6 Å². The van der Waals surface area contributed by atoms with E-state index in [-0.39, 0.29) is 12.8 Å². The number of carbonyl (C=O) groups excluding carboxylic acids is 4. The van der Waals surface area contributed by atoms with Gasteiger partial charge in [-0.15, -0.1) is 0 Å². The molecule has 0 saturated carbocycles. The lowest BCUT2D eigenvalue weighted by atomic mass is 9.76. The minimum atomic E-state index is -1.47. The van der Waals surface area contributed by atoms with Gasteiger partial charge in [-0.1, -0.05) is 29.3 Å². The van der Waals surface area contributed by atoms with Crippen molar-refractivity contribution >= 4 is 58.2 Å². The van der Waals surface area contributed by atoms with Gasteiger partial charge in [-0.05, 0) is 49.2 Å². The van der Waals surface area contributed by atoms with Crippen LogP contribution in [0.4, 0.5) is 11.4 Å². The standard InChI is InChI=1S/C23H20Cl2N4O4/c1-10-14(25)7-6-13-19(10)27-22(33)23(13)18-17(15(28-23)8-9-16(26)30)20(31)29(21(18)32)12-4-2-11(24)3-5-12/h2-7,15,17-18,28H,8-9H2,1H3,(H2,26,30)(H,27,33)/t15?,17-,18+,23?/m1/s1. The molecule has 0 aliphatic carbocycles. The molecule has 0 aromatic heterocycles. The highest BCUT2D eigenvalue weighted by Crippen LogP contribution is 2.55. The molecule has 4 atom stereocenters. The van der Waals surface area contributed by atoms with E-state index in [0.29, 0.717) is 32.5 Å². The van der Waals surface area contributed by atoms with Crippen molar-refractivity contribution in [2.75, 3.05) is 10.2 Å². The Hall–Kier alpha value is -2.94. The molecule has 4 amide bonds. The molecule has 2 unspecified atom stereocenters. The van der Waals surface area contributed by atoms with Crippen LogP contribution in [0.3, 0.4) is 0 Å². The van der Waals surface area contributed by atoms with Crippen molar-refractivity contribution in [2.45, 2.75) is 31.3 Å². The Bertz CT molecular complexity index is 1230. The Balaban J connectivity index is 1.66. The van der Waals surface area contributed by atoms with Crippen LogP contribution in [0.2, 0.25) is 10.0 Å². The summed E-state index contributed by atoms with van der Waals surface area (Å²) in [7, 11) is 0. The van der Waals surface area contributed by atoms with Crippen LogP contribution >= 0.6 is 23.2 Å². The highest BCUT2D eigenvalue weighted by molar-refractivity contribution is 6.32. The number of anilines is 2. The Kier molecular flexibility index (Phi) is 5.00. The summed E-state index contributed by atoms with van der Waals surface area (Å²) in [6, 6.07) is 9.12. The number of nitrogens with one attached hydrogen (secondary N) is 2. The summed E-state index contributed by atoms with van der Waals surface area (Å²) in [5.74, 6) is -3.73. The number of carbonyl (C=O) groups is 4. The molecule has 4 N–H and O–H groups in total. The number of fused-ring (bicyclic) bond motifs is 4. The van der Waals surface area contributed by atoms with Crippen LogP contribution < -0.4 is 21.3 Å². The summed E-state index contributed by atoms with van der Waals surface area (Å²) >= 11 is 12.2. The molecule has 3 heterocycles. The zero-order valence-corrected chi connectivity index (χ0v) is 19.0. The number of hydrogen-bond acceptors (Lipinski definition) is 5.